The van der Waals surface area contributed by atoms with Crippen LogP contribution in [-0.4, -0.2) is 27.8 Å². The van der Waals surface area contributed by atoms with Gasteiger partial charge in [-0.1, -0.05) is 0 Å². The number of rotatable bonds is 5. The van der Waals surface area contributed by atoms with Crippen molar-refractivity contribution in [3.63, 3.8) is 0 Å². The van der Waals surface area contributed by atoms with Gasteiger partial charge in [0, 0.05) is 17.8 Å². The van der Waals surface area contributed by atoms with E-state index < -0.39 is 6.10 Å². The van der Waals surface area contributed by atoms with E-state index in [1.165, 1.54) is 11.3 Å². The minimum Gasteiger partial charge on any atom is -0.387 e. The molecular formula is C13H17N3O2S. The first-order valence-electron chi connectivity index (χ1n) is 6.05. The maximum Gasteiger partial charge on any atom is 0.224 e. The number of aliphatic hydroxyl groups excluding tert-OH is 1. The first-order chi connectivity index (χ1) is 9.08. The van der Waals surface area contributed by atoms with Gasteiger partial charge in [0.1, 0.15) is 0 Å². The molecule has 0 fully saturated rings. The number of aromatic amines is 1. The van der Waals surface area contributed by atoms with Crippen molar-refractivity contribution in [3.8, 4) is 0 Å². The van der Waals surface area contributed by atoms with Crippen LogP contribution in [0.5, 0.6) is 0 Å². The fourth-order valence-corrected chi connectivity index (χ4v) is 2.56. The van der Waals surface area contributed by atoms with Gasteiger partial charge in [-0.2, -0.15) is 16.4 Å². The van der Waals surface area contributed by atoms with Crippen LogP contribution in [0.2, 0.25) is 0 Å². The summed E-state index contributed by atoms with van der Waals surface area (Å²) in [6.45, 7) is 3.99. The lowest BCUT2D eigenvalue weighted by Gasteiger charge is -2.10. The highest BCUT2D eigenvalue weighted by Crippen LogP contribution is 2.15. The maximum absolute atomic E-state index is 11.8. The second-order valence-corrected chi connectivity index (χ2v) is 5.25. The Bertz CT molecular complexity index is 529. The van der Waals surface area contributed by atoms with Crippen molar-refractivity contribution >= 4 is 17.2 Å². The number of hydrogen-bond acceptors (Lipinski definition) is 4. The molecule has 0 aliphatic carbocycles. The van der Waals surface area contributed by atoms with Gasteiger partial charge in [-0.3, -0.25) is 9.89 Å². The number of aliphatic hydroxyl groups is 1. The molecule has 0 radical (unpaired) electrons. The SMILES string of the molecule is Cc1n[nH]c(C)c1CC(=O)NCC(O)c1ccsc1. The van der Waals surface area contributed by atoms with Crippen molar-refractivity contribution in [2.75, 3.05) is 6.54 Å². The molecule has 5 nitrogen and oxygen atoms in total. The lowest BCUT2D eigenvalue weighted by molar-refractivity contribution is -0.120. The summed E-state index contributed by atoms with van der Waals surface area (Å²) in [6, 6.07) is 1.85. The van der Waals surface area contributed by atoms with Crippen molar-refractivity contribution in [2.24, 2.45) is 0 Å². The number of amides is 1. The molecule has 102 valence electrons. The number of hydrogen-bond donors (Lipinski definition) is 3. The van der Waals surface area contributed by atoms with Crippen LogP contribution < -0.4 is 5.32 Å². The van der Waals surface area contributed by atoms with Crippen molar-refractivity contribution < 1.29 is 9.90 Å². The molecule has 6 heteroatoms. The van der Waals surface area contributed by atoms with Crippen LogP contribution in [-0.2, 0) is 11.2 Å². The van der Waals surface area contributed by atoms with Crippen molar-refractivity contribution in [1.82, 2.24) is 15.5 Å². The summed E-state index contributed by atoms with van der Waals surface area (Å²) >= 11 is 1.52. The Kier molecular flexibility index (Phi) is 4.34. The molecule has 2 aromatic heterocycles. The standard InChI is InChI=1S/C13H17N3O2S/c1-8-11(9(2)16-15-8)5-13(18)14-6-12(17)10-3-4-19-7-10/h3-4,7,12,17H,5-6H2,1-2H3,(H,14,18)(H,15,16). The van der Waals surface area contributed by atoms with E-state index in [4.69, 9.17) is 0 Å². The highest BCUT2D eigenvalue weighted by Gasteiger charge is 2.13. The Hall–Kier alpha value is -1.66. The number of nitrogens with one attached hydrogen (secondary N) is 2. The zero-order valence-corrected chi connectivity index (χ0v) is 11.8. The molecule has 0 spiro atoms. The molecule has 1 amide bonds. The highest BCUT2D eigenvalue weighted by molar-refractivity contribution is 7.07. The third-order valence-electron chi connectivity index (χ3n) is 3.04. The second-order valence-electron chi connectivity index (χ2n) is 4.47. The van der Waals surface area contributed by atoms with Crippen molar-refractivity contribution in [1.29, 1.82) is 0 Å². The summed E-state index contributed by atoms with van der Waals surface area (Å²) in [5.74, 6) is -0.109. The largest absolute Gasteiger partial charge is 0.387 e. The molecule has 2 heterocycles. The number of aryl methyl sites for hydroxylation is 2. The van der Waals surface area contributed by atoms with E-state index in [9.17, 15) is 9.90 Å². The topological polar surface area (TPSA) is 78.0 Å². The molecular weight excluding hydrogens is 262 g/mol. The minimum absolute atomic E-state index is 0.109. The number of carbonyl (C=O) groups is 1. The minimum atomic E-state index is -0.651. The summed E-state index contributed by atoms with van der Waals surface area (Å²) < 4.78 is 0. The Morgan fingerprint density at radius 1 is 1.58 bits per heavy atom. The number of carbonyl (C=O) groups excluding carboxylic acids is 1. The lowest BCUT2D eigenvalue weighted by atomic mass is 10.1. The summed E-state index contributed by atoms with van der Waals surface area (Å²) in [6.07, 6.45) is -0.369. The van der Waals surface area contributed by atoms with Gasteiger partial charge < -0.3 is 10.4 Å². The van der Waals surface area contributed by atoms with Gasteiger partial charge in [0.05, 0.1) is 18.2 Å². The van der Waals surface area contributed by atoms with E-state index in [1.54, 1.807) is 0 Å². The van der Waals surface area contributed by atoms with Crippen molar-refractivity contribution in [2.45, 2.75) is 26.4 Å². The van der Waals surface area contributed by atoms with E-state index in [0.29, 0.717) is 0 Å². The molecule has 3 N–H and O–H groups in total. The van der Waals surface area contributed by atoms with Gasteiger partial charge in [-0.15, -0.1) is 0 Å². The molecule has 2 aromatic rings. The Morgan fingerprint density at radius 2 is 2.37 bits per heavy atom. The molecule has 0 aliphatic heterocycles. The fraction of sp³-hybridized carbons (Fsp3) is 0.385. The molecule has 0 saturated heterocycles. The zero-order chi connectivity index (χ0) is 13.8. The van der Waals surface area contributed by atoms with Gasteiger partial charge >= 0.3 is 0 Å². The maximum atomic E-state index is 11.8. The third kappa shape index (κ3) is 3.42. The van der Waals surface area contributed by atoms with Gasteiger partial charge in [-0.25, -0.2) is 0 Å². The number of thiophene rings is 1. The van der Waals surface area contributed by atoms with E-state index >= 15 is 0 Å². The monoisotopic (exact) mass is 279 g/mol. The third-order valence-corrected chi connectivity index (χ3v) is 3.74. The first kappa shape index (κ1) is 13.8. The van der Waals surface area contributed by atoms with Crippen LogP contribution in [0.15, 0.2) is 16.8 Å². The smallest absolute Gasteiger partial charge is 0.224 e. The number of aromatic nitrogens is 2. The molecule has 1 unspecified atom stereocenters. The Balaban J connectivity index is 1.85. The van der Waals surface area contributed by atoms with E-state index in [0.717, 1.165) is 22.5 Å². The van der Waals surface area contributed by atoms with Crippen LogP contribution in [0.1, 0.15) is 28.6 Å². The van der Waals surface area contributed by atoms with E-state index in [1.807, 2.05) is 30.7 Å². The molecule has 19 heavy (non-hydrogen) atoms. The quantitative estimate of drug-likeness (QED) is 0.775. The Labute approximate surface area is 115 Å². The highest BCUT2D eigenvalue weighted by atomic mass is 32.1. The molecule has 0 bridgehead atoms. The van der Waals surface area contributed by atoms with Crippen LogP contribution >= 0.6 is 11.3 Å². The average molecular weight is 279 g/mol. The zero-order valence-electron chi connectivity index (χ0n) is 10.9. The van der Waals surface area contributed by atoms with Crippen LogP contribution in [0.25, 0.3) is 0 Å². The van der Waals surface area contributed by atoms with Crippen LogP contribution in [0.3, 0.4) is 0 Å². The molecule has 1 atom stereocenters. The molecule has 0 aromatic carbocycles. The predicted octanol–water partition coefficient (Wildman–Crippen LogP) is 1.48. The van der Waals surface area contributed by atoms with Gasteiger partial charge in [-0.05, 0) is 36.2 Å². The van der Waals surface area contributed by atoms with Crippen molar-refractivity contribution in [3.05, 3.63) is 39.3 Å². The average Bonchev–Trinajstić information content (AvgIpc) is 3.01. The first-order valence-corrected chi connectivity index (χ1v) is 6.99. The fourth-order valence-electron chi connectivity index (χ4n) is 1.85. The summed E-state index contributed by atoms with van der Waals surface area (Å²) in [4.78, 5) is 11.8. The summed E-state index contributed by atoms with van der Waals surface area (Å²) in [5, 5.41) is 23.3. The summed E-state index contributed by atoms with van der Waals surface area (Å²) in [5.41, 5.74) is 3.50. The van der Waals surface area contributed by atoms with Gasteiger partial charge in [0.15, 0.2) is 0 Å². The van der Waals surface area contributed by atoms with Gasteiger partial charge in [0.2, 0.25) is 5.91 Å². The van der Waals surface area contributed by atoms with Gasteiger partial charge in [0.25, 0.3) is 0 Å². The van der Waals surface area contributed by atoms with Crippen LogP contribution in [0, 0.1) is 13.8 Å². The molecule has 0 saturated carbocycles. The lowest BCUT2D eigenvalue weighted by Crippen LogP contribution is -2.29. The second kappa shape index (κ2) is 5.99. The predicted molar refractivity (Wildman–Crippen MR) is 74.1 cm³/mol. The van der Waals surface area contributed by atoms with E-state index in [2.05, 4.69) is 15.5 Å². The van der Waals surface area contributed by atoms with E-state index in [-0.39, 0.29) is 18.9 Å². The molecule has 2 rings (SSSR count). The summed E-state index contributed by atoms with van der Waals surface area (Å²) in [7, 11) is 0. The Morgan fingerprint density at radius 3 is 2.95 bits per heavy atom. The number of H-pyrrole nitrogens is 1. The number of nitrogens with zero attached hydrogens (tertiary/aromatic N) is 1. The normalized spacial score (nSPS) is 12.4. The molecule has 0 aliphatic rings. The van der Waals surface area contributed by atoms with Crippen LogP contribution in [0.4, 0.5) is 0 Å².